The van der Waals surface area contributed by atoms with E-state index in [-0.39, 0.29) is 0 Å². The molecule has 4 aromatic rings. The first-order chi connectivity index (χ1) is 14.7. The van der Waals surface area contributed by atoms with Gasteiger partial charge in [0.2, 0.25) is 0 Å². The SMILES string of the molecule is Cc1c(C)c(C)c(S(=O)(=O)Nc2cnn(Cc3cccc4ccccc34)c2)c(C)c1C. The molecule has 4 rings (SSSR count). The molecule has 0 aliphatic rings. The predicted molar refractivity (Wildman–Crippen MR) is 126 cm³/mol. The summed E-state index contributed by atoms with van der Waals surface area (Å²) in [5, 5.41) is 6.72. The first-order valence-corrected chi connectivity index (χ1v) is 11.8. The molecule has 5 nitrogen and oxygen atoms in total. The first-order valence-electron chi connectivity index (χ1n) is 10.3. The Bertz CT molecular complexity index is 1370. The molecule has 0 fully saturated rings. The summed E-state index contributed by atoms with van der Waals surface area (Å²) in [7, 11) is -3.73. The van der Waals surface area contributed by atoms with Crippen molar-refractivity contribution in [1.29, 1.82) is 0 Å². The standard InChI is InChI=1S/C25H27N3O2S/c1-16-17(2)19(4)25(20(5)18(16)3)31(29,30)27-23-13-26-28(15-23)14-22-11-8-10-21-9-6-7-12-24(21)22/h6-13,15,27H,14H2,1-5H3. The van der Waals surface area contributed by atoms with Crippen LogP contribution in [0.5, 0.6) is 0 Å². The Morgan fingerprint density at radius 1 is 0.839 bits per heavy atom. The number of hydrogen-bond acceptors (Lipinski definition) is 3. The van der Waals surface area contributed by atoms with Crippen molar-refractivity contribution in [3.05, 3.63) is 88.2 Å². The number of aromatic nitrogens is 2. The Kier molecular flexibility index (Phi) is 5.35. The van der Waals surface area contributed by atoms with E-state index in [2.05, 4.69) is 34.1 Å². The lowest BCUT2D eigenvalue weighted by molar-refractivity contribution is 0.599. The number of anilines is 1. The van der Waals surface area contributed by atoms with Gasteiger partial charge in [-0.1, -0.05) is 42.5 Å². The van der Waals surface area contributed by atoms with Gasteiger partial charge in [-0.3, -0.25) is 9.40 Å². The van der Waals surface area contributed by atoms with Crippen molar-refractivity contribution in [2.75, 3.05) is 4.72 Å². The van der Waals surface area contributed by atoms with Gasteiger partial charge < -0.3 is 0 Å². The molecule has 0 amide bonds. The Hall–Kier alpha value is -3.12. The fourth-order valence-corrected chi connectivity index (χ4v) is 5.81. The van der Waals surface area contributed by atoms with Crippen LogP contribution in [-0.2, 0) is 16.6 Å². The Morgan fingerprint density at radius 2 is 1.45 bits per heavy atom. The number of rotatable bonds is 5. The van der Waals surface area contributed by atoms with E-state index in [4.69, 9.17) is 0 Å². The minimum absolute atomic E-state index is 0.356. The Morgan fingerprint density at radius 3 is 2.16 bits per heavy atom. The summed E-state index contributed by atoms with van der Waals surface area (Å²) in [5.41, 5.74) is 6.32. The summed E-state index contributed by atoms with van der Waals surface area (Å²) < 4.78 is 31.0. The van der Waals surface area contributed by atoms with Gasteiger partial charge in [0.05, 0.1) is 23.3 Å². The van der Waals surface area contributed by atoms with Crippen LogP contribution in [0.4, 0.5) is 5.69 Å². The number of fused-ring (bicyclic) bond motifs is 1. The Balaban J connectivity index is 1.64. The topological polar surface area (TPSA) is 64.0 Å². The smallest absolute Gasteiger partial charge is 0.262 e. The van der Waals surface area contributed by atoms with Gasteiger partial charge in [0.25, 0.3) is 10.0 Å². The van der Waals surface area contributed by atoms with Gasteiger partial charge in [-0.25, -0.2) is 8.42 Å². The summed E-state index contributed by atoms with van der Waals surface area (Å²) in [6, 6.07) is 14.4. The van der Waals surface area contributed by atoms with E-state index in [9.17, 15) is 8.42 Å². The maximum Gasteiger partial charge on any atom is 0.262 e. The summed E-state index contributed by atoms with van der Waals surface area (Å²) in [4.78, 5) is 0.356. The molecule has 0 saturated heterocycles. The molecule has 3 aromatic carbocycles. The summed E-state index contributed by atoms with van der Waals surface area (Å²) in [6.45, 7) is 10.3. The third-order valence-corrected chi connectivity index (χ3v) is 7.95. The van der Waals surface area contributed by atoms with Gasteiger partial charge in [-0.2, -0.15) is 5.10 Å². The molecular weight excluding hydrogens is 406 g/mol. The van der Waals surface area contributed by atoms with Crippen molar-refractivity contribution in [3.63, 3.8) is 0 Å². The van der Waals surface area contributed by atoms with E-state index in [1.165, 1.54) is 10.8 Å². The minimum atomic E-state index is -3.73. The van der Waals surface area contributed by atoms with Crippen LogP contribution in [0, 0.1) is 34.6 Å². The van der Waals surface area contributed by atoms with Crippen molar-refractivity contribution in [1.82, 2.24) is 9.78 Å². The number of hydrogen-bond donors (Lipinski definition) is 1. The lowest BCUT2D eigenvalue weighted by Crippen LogP contribution is -2.17. The molecule has 0 aliphatic heterocycles. The van der Waals surface area contributed by atoms with Crippen LogP contribution in [0.1, 0.15) is 33.4 Å². The second-order valence-corrected chi connectivity index (χ2v) is 9.74. The monoisotopic (exact) mass is 433 g/mol. The van der Waals surface area contributed by atoms with E-state index in [1.807, 2.05) is 52.8 Å². The fourth-order valence-electron chi connectivity index (χ4n) is 4.18. The zero-order valence-corrected chi connectivity index (χ0v) is 19.3. The van der Waals surface area contributed by atoms with Crippen LogP contribution < -0.4 is 4.72 Å². The molecule has 0 aliphatic carbocycles. The van der Waals surface area contributed by atoms with Crippen molar-refractivity contribution < 1.29 is 8.42 Å². The lowest BCUT2D eigenvalue weighted by Gasteiger charge is -2.19. The normalized spacial score (nSPS) is 11.8. The predicted octanol–water partition coefficient (Wildman–Crippen LogP) is 5.43. The number of nitrogens with one attached hydrogen (secondary N) is 1. The molecule has 0 bridgehead atoms. The van der Waals surface area contributed by atoms with Crippen LogP contribution in [0.15, 0.2) is 59.8 Å². The van der Waals surface area contributed by atoms with E-state index in [0.717, 1.165) is 33.4 Å². The molecule has 1 aromatic heterocycles. The van der Waals surface area contributed by atoms with Crippen LogP contribution in [0.3, 0.4) is 0 Å². The van der Waals surface area contributed by atoms with Crippen molar-refractivity contribution >= 4 is 26.5 Å². The second-order valence-electron chi connectivity index (χ2n) is 8.12. The average molecular weight is 434 g/mol. The van der Waals surface area contributed by atoms with E-state index >= 15 is 0 Å². The fraction of sp³-hybridized carbons (Fsp3) is 0.240. The largest absolute Gasteiger partial charge is 0.276 e. The second kappa shape index (κ2) is 7.85. The number of benzene rings is 3. The molecule has 0 radical (unpaired) electrons. The molecule has 0 unspecified atom stereocenters. The Labute approximate surface area is 183 Å². The highest BCUT2D eigenvalue weighted by Crippen LogP contribution is 2.30. The maximum absolute atomic E-state index is 13.3. The molecule has 0 atom stereocenters. The molecule has 6 heteroatoms. The van der Waals surface area contributed by atoms with Gasteiger partial charge in [-0.05, 0) is 78.8 Å². The third-order valence-electron chi connectivity index (χ3n) is 6.30. The quantitative estimate of drug-likeness (QED) is 0.457. The van der Waals surface area contributed by atoms with E-state index in [1.54, 1.807) is 17.1 Å². The molecule has 160 valence electrons. The highest BCUT2D eigenvalue weighted by atomic mass is 32.2. The summed E-state index contributed by atoms with van der Waals surface area (Å²) in [6.07, 6.45) is 3.29. The highest BCUT2D eigenvalue weighted by molar-refractivity contribution is 7.92. The molecule has 1 N–H and O–H groups in total. The third kappa shape index (κ3) is 3.83. The van der Waals surface area contributed by atoms with Gasteiger partial charge >= 0.3 is 0 Å². The zero-order chi connectivity index (χ0) is 22.3. The zero-order valence-electron chi connectivity index (χ0n) is 18.5. The molecule has 31 heavy (non-hydrogen) atoms. The highest BCUT2D eigenvalue weighted by Gasteiger charge is 2.24. The molecule has 1 heterocycles. The lowest BCUT2D eigenvalue weighted by atomic mass is 9.95. The van der Waals surface area contributed by atoms with Crippen molar-refractivity contribution in [3.8, 4) is 0 Å². The van der Waals surface area contributed by atoms with Gasteiger partial charge in [0.1, 0.15) is 0 Å². The summed E-state index contributed by atoms with van der Waals surface area (Å²) in [5.74, 6) is 0. The van der Waals surface area contributed by atoms with Crippen molar-refractivity contribution in [2.45, 2.75) is 46.1 Å². The number of nitrogens with zero attached hydrogens (tertiary/aromatic N) is 2. The maximum atomic E-state index is 13.3. The molecular formula is C25H27N3O2S. The van der Waals surface area contributed by atoms with Gasteiger partial charge in [0.15, 0.2) is 0 Å². The molecule has 0 spiro atoms. The van der Waals surface area contributed by atoms with E-state index < -0.39 is 10.0 Å². The van der Waals surface area contributed by atoms with E-state index in [0.29, 0.717) is 17.1 Å². The number of sulfonamides is 1. The van der Waals surface area contributed by atoms with Gasteiger partial charge in [0, 0.05) is 6.20 Å². The van der Waals surface area contributed by atoms with Crippen LogP contribution in [-0.4, -0.2) is 18.2 Å². The molecule has 0 saturated carbocycles. The average Bonchev–Trinajstić information content (AvgIpc) is 3.17. The van der Waals surface area contributed by atoms with Crippen LogP contribution in [0.2, 0.25) is 0 Å². The minimum Gasteiger partial charge on any atom is -0.276 e. The van der Waals surface area contributed by atoms with Crippen LogP contribution >= 0.6 is 0 Å². The van der Waals surface area contributed by atoms with Crippen LogP contribution in [0.25, 0.3) is 10.8 Å². The summed E-state index contributed by atoms with van der Waals surface area (Å²) >= 11 is 0. The first kappa shape index (κ1) is 21.1. The van der Waals surface area contributed by atoms with Crippen molar-refractivity contribution in [2.24, 2.45) is 0 Å². The van der Waals surface area contributed by atoms with Gasteiger partial charge in [-0.15, -0.1) is 0 Å².